The summed E-state index contributed by atoms with van der Waals surface area (Å²) in [5.74, 6) is 1.51. The second-order valence-electron chi connectivity index (χ2n) is 4.52. The summed E-state index contributed by atoms with van der Waals surface area (Å²) >= 11 is 3.46. The Morgan fingerprint density at radius 2 is 1.80 bits per heavy atom. The Kier molecular flexibility index (Phi) is 4.68. The highest BCUT2D eigenvalue weighted by Crippen LogP contribution is 2.33. The van der Waals surface area contributed by atoms with Crippen LogP contribution < -0.4 is 9.47 Å². The average Bonchev–Trinajstić information content (AvgIpc) is 2.47. The highest BCUT2D eigenvalue weighted by Gasteiger charge is 2.15. The summed E-state index contributed by atoms with van der Waals surface area (Å²) in [5.41, 5.74) is 2.62. The van der Waals surface area contributed by atoms with Gasteiger partial charge in [0.1, 0.15) is 17.6 Å². The average molecular weight is 337 g/mol. The third-order valence-electron chi connectivity index (χ3n) is 3.25. The predicted octanol–water partition coefficient (Wildman–Crippen LogP) is 3.86. The lowest BCUT2D eigenvalue weighted by atomic mass is 10.00. The minimum Gasteiger partial charge on any atom is -0.497 e. The largest absolute Gasteiger partial charge is 0.497 e. The fraction of sp³-hybridized carbons (Fsp3) is 0.250. The van der Waals surface area contributed by atoms with Gasteiger partial charge in [0.15, 0.2) is 0 Å². The number of rotatable bonds is 4. The lowest BCUT2D eigenvalue weighted by Gasteiger charge is -2.16. The molecule has 0 saturated carbocycles. The van der Waals surface area contributed by atoms with Crippen molar-refractivity contribution in [2.45, 2.75) is 13.0 Å². The van der Waals surface area contributed by atoms with Crippen molar-refractivity contribution >= 4 is 15.9 Å². The maximum atomic E-state index is 10.5. The van der Waals surface area contributed by atoms with Crippen molar-refractivity contribution in [3.63, 3.8) is 0 Å². The minimum atomic E-state index is -0.718. The molecule has 0 amide bonds. The zero-order valence-corrected chi connectivity index (χ0v) is 13.3. The first kappa shape index (κ1) is 14.9. The fourth-order valence-corrected chi connectivity index (χ4v) is 2.62. The normalized spacial score (nSPS) is 12.1. The van der Waals surface area contributed by atoms with Gasteiger partial charge >= 0.3 is 0 Å². The molecule has 1 unspecified atom stereocenters. The molecule has 4 heteroatoms. The molecule has 1 N–H and O–H groups in total. The summed E-state index contributed by atoms with van der Waals surface area (Å²) in [6, 6.07) is 11.2. The molecule has 0 aliphatic rings. The number of methoxy groups -OCH3 is 2. The van der Waals surface area contributed by atoms with Gasteiger partial charge in [-0.2, -0.15) is 0 Å². The number of aryl methyl sites for hydroxylation is 1. The van der Waals surface area contributed by atoms with Crippen LogP contribution in [0.5, 0.6) is 11.5 Å². The highest BCUT2D eigenvalue weighted by atomic mass is 79.9. The second kappa shape index (κ2) is 6.29. The van der Waals surface area contributed by atoms with Crippen LogP contribution in [0.1, 0.15) is 22.8 Å². The molecular formula is C16H17BrO3. The van der Waals surface area contributed by atoms with Gasteiger partial charge in [0.2, 0.25) is 0 Å². The number of hydrogen-bond donors (Lipinski definition) is 1. The number of hydrogen-bond acceptors (Lipinski definition) is 3. The first-order chi connectivity index (χ1) is 9.56. The van der Waals surface area contributed by atoms with Gasteiger partial charge in [-0.15, -0.1) is 0 Å². The van der Waals surface area contributed by atoms with Crippen molar-refractivity contribution in [2.24, 2.45) is 0 Å². The summed E-state index contributed by atoms with van der Waals surface area (Å²) < 4.78 is 11.3. The molecule has 0 fully saturated rings. The molecular weight excluding hydrogens is 320 g/mol. The molecule has 1 atom stereocenters. The molecule has 20 heavy (non-hydrogen) atoms. The van der Waals surface area contributed by atoms with Crippen molar-refractivity contribution in [3.05, 3.63) is 57.6 Å². The van der Waals surface area contributed by atoms with Crippen molar-refractivity contribution in [1.29, 1.82) is 0 Å². The maximum absolute atomic E-state index is 10.5. The van der Waals surface area contributed by atoms with E-state index in [0.717, 1.165) is 32.7 Å². The summed E-state index contributed by atoms with van der Waals surface area (Å²) in [7, 11) is 3.24. The molecule has 0 bridgehead atoms. The molecule has 2 aromatic carbocycles. The third-order valence-corrected chi connectivity index (χ3v) is 3.94. The SMILES string of the molecule is COc1ccc(C(O)c2ccc(C)c(OC)c2)c(Br)c1. The molecule has 0 aliphatic heterocycles. The molecule has 0 radical (unpaired) electrons. The van der Waals surface area contributed by atoms with Gasteiger partial charge in [-0.05, 0) is 41.8 Å². The summed E-state index contributed by atoms with van der Waals surface area (Å²) in [6.45, 7) is 1.97. The number of aliphatic hydroxyl groups is 1. The lowest BCUT2D eigenvalue weighted by molar-refractivity contribution is 0.219. The smallest absolute Gasteiger partial charge is 0.122 e. The quantitative estimate of drug-likeness (QED) is 0.921. The molecule has 0 saturated heterocycles. The Morgan fingerprint density at radius 1 is 1.05 bits per heavy atom. The van der Waals surface area contributed by atoms with Crippen LogP contribution in [-0.4, -0.2) is 19.3 Å². The van der Waals surface area contributed by atoms with Crippen LogP contribution in [0, 0.1) is 6.92 Å². The zero-order chi connectivity index (χ0) is 14.7. The second-order valence-corrected chi connectivity index (χ2v) is 5.37. The summed E-state index contributed by atoms with van der Waals surface area (Å²) in [6.07, 6.45) is -0.718. The van der Waals surface area contributed by atoms with Gasteiger partial charge in [0.25, 0.3) is 0 Å². The Bertz CT molecular complexity index is 611. The molecule has 0 aromatic heterocycles. The van der Waals surface area contributed by atoms with Crippen LogP contribution in [0.25, 0.3) is 0 Å². The molecule has 3 nitrogen and oxygen atoms in total. The summed E-state index contributed by atoms with van der Waals surface area (Å²) in [4.78, 5) is 0. The van der Waals surface area contributed by atoms with Crippen LogP contribution in [0.4, 0.5) is 0 Å². The molecule has 0 aliphatic carbocycles. The molecule has 2 aromatic rings. The predicted molar refractivity (Wildman–Crippen MR) is 82.5 cm³/mol. The topological polar surface area (TPSA) is 38.7 Å². The fourth-order valence-electron chi connectivity index (χ4n) is 2.04. The van der Waals surface area contributed by atoms with Crippen molar-refractivity contribution < 1.29 is 14.6 Å². The van der Waals surface area contributed by atoms with E-state index < -0.39 is 6.10 Å². The highest BCUT2D eigenvalue weighted by molar-refractivity contribution is 9.10. The number of aliphatic hydroxyl groups excluding tert-OH is 1. The van der Waals surface area contributed by atoms with Gasteiger partial charge in [-0.3, -0.25) is 0 Å². The number of benzene rings is 2. The van der Waals surface area contributed by atoms with E-state index in [4.69, 9.17) is 9.47 Å². The van der Waals surface area contributed by atoms with Crippen LogP contribution in [0.3, 0.4) is 0 Å². The van der Waals surface area contributed by atoms with Crippen LogP contribution >= 0.6 is 15.9 Å². The Morgan fingerprint density at radius 3 is 2.40 bits per heavy atom. The van der Waals surface area contributed by atoms with E-state index in [2.05, 4.69) is 15.9 Å². The van der Waals surface area contributed by atoms with Gasteiger partial charge in [0.05, 0.1) is 14.2 Å². The van der Waals surface area contributed by atoms with Gasteiger partial charge in [-0.25, -0.2) is 0 Å². The minimum absolute atomic E-state index is 0.718. The first-order valence-corrected chi connectivity index (χ1v) is 7.02. The monoisotopic (exact) mass is 336 g/mol. The van der Waals surface area contributed by atoms with E-state index in [1.807, 2.05) is 43.3 Å². The maximum Gasteiger partial charge on any atom is 0.122 e. The van der Waals surface area contributed by atoms with E-state index >= 15 is 0 Å². The van der Waals surface area contributed by atoms with E-state index in [0.29, 0.717) is 0 Å². The van der Waals surface area contributed by atoms with Crippen molar-refractivity contribution in [3.8, 4) is 11.5 Å². The van der Waals surface area contributed by atoms with Crippen LogP contribution in [0.2, 0.25) is 0 Å². The molecule has 106 valence electrons. The van der Waals surface area contributed by atoms with E-state index in [1.54, 1.807) is 14.2 Å². The first-order valence-electron chi connectivity index (χ1n) is 6.23. The lowest BCUT2D eigenvalue weighted by Crippen LogP contribution is -2.02. The third kappa shape index (κ3) is 2.97. The Labute approximate surface area is 127 Å². The van der Waals surface area contributed by atoms with Crippen LogP contribution in [-0.2, 0) is 0 Å². The van der Waals surface area contributed by atoms with Crippen molar-refractivity contribution in [1.82, 2.24) is 0 Å². The van der Waals surface area contributed by atoms with E-state index in [-0.39, 0.29) is 0 Å². The zero-order valence-electron chi connectivity index (χ0n) is 11.7. The molecule has 2 rings (SSSR count). The Hall–Kier alpha value is -1.52. The molecule has 0 spiro atoms. The number of ether oxygens (including phenoxy) is 2. The van der Waals surface area contributed by atoms with Crippen molar-refractivity contribution in [2.75, 3.05) is 14.2 Å². The van der Waals surface area contributed by atoms with Gasteiger partial charge < -0.3 is 14.6 Å². The standard InChI is InChI=1S/C16H17BrO3/c1-10-4-5-11(8-15(10)20-3)16(18)13-7-6-12(19-2)9-14(13)17/h4-9,16,18H,1-3H3. The van der Waals surface area contributed by atoms with Crippen LogP contribution in [0.15, 0.2) is 40.9 Å². The van der Waals surface area contributed by atoms with Gasteiger partial charge in [0, 0.05) is 4.47 Å². The number of halogens is 1. The van der Waals surface area contributed by atoms with Gasteiger partial charge in [-0.1, -0.05) is 34.1 Å². The van der Waals surface area contributed by atoms with E-state index in [9.17, 15) is 5.11 Å². The summed E-state index contributed by atoms with van der Waals surface area (Å²) in [5, 5.41) is 10.5. The van der Waals surface area contributed by atoms with E-state index in [1.165, 1.54) is 0 Å². The Balaban J connectivity index is 2.38. The molecule has 0 heterocycles.